The number of benzene rings is 2. The summed E-state index contributed by atoms with van der Waals surface area (Å²) in [6, 6.07) is 12.9. The number of rotatable bonds is 4. The average Bonchev–Trinajstić information content (AvgIpc) is 2.52. The van der Waals surface area contributed by atoms with E-state index in [0.29, 0.717) is 21.7 Å². The van der Waals surface area contributed by atoms with E-state index < -0.39 is 10.9 Å². The molecule has 0 aliphatic rings. The first kappa shape index (κ1) is 15.7. The van der Waals surface area contributed by atoms with Gasteiger partial charge in [-0.3, -0.25) is 10.1 Å². The van der Waals surface area contributed by atoms with Gasteiger partial charge in [-0.05, 0) is 41.0 Å². The van der Waals surface area contributed by atoms with Gasteiger partial charge in [0.15, 0.2) is 0 Å². The van der Waals surface area contributed by atoms with E-state index in [1.54, 1.807) is 36.4 Å². The highest BCUT2D eigenvalue weighted by molar-refractivity contribution is 6.30. The van der Waals surface area contributed by atoms with Crippen LogP contribution in [-0.2, 0) is 9.53 Å². The second-order valence-electron chi connectivity index (χ2n) is 4.40. The Hall–Kier alpha value is -2.66. The molecule has 0 bridgehead atoms. The SMILES string of the molecule is COC(=O)/C=C(/c1ccc([N+](=O)[O-])cc1)c1cccc(Cl)c1. The lowest BCUT2D eigenvalue weighted by Gasteiger charge is -2.08. The maximum atomic E-state index is 11.6. The molecule has 2 aromatic carbocycles. The first-order valence-corrected chi connectivity index (χ1v) is 6.69. The van der Waals surface area contributed by atoms with E-state index in [1.807, 2.05) is 0 Å². The van der Waals surface area contributed by atoms with Crippen molar-refractivity contribution >= 4 is 28.8 Å². The number of methoxy groups -OCH3 is 1. The van der Waals surface area contributed by atoms with Crippen molar-refractivity contribution in [3.05, 3.63) is 80.9 Å². The van der Waals surface area contributed by atoms with Crippen LogP contribution < -0.4 is 0 Å². The lowest BCUT2D eigenvalue weighted by atomic mass is 9.97. The van der Waals surface area contributed by atoms with Crippen LogP contribution >= 0.6 is 11.6 Å². The van der Waals surface area contributed by atoms with Crippen LogP contribution in [0.15, 0.2) is 54.6 Å². The highest BCUT2D eigenvalue weighted by Crippen LogP contribution is 2.27. The molecule has 0 fully saturated rings. The Morgan fingerprint density at radius 2 is 1.86 bits per heavy atom. The van der Waals surface area contributed by atoms with Gasteiger partial charge in [0.1, 0.15) is 0 Å². The number of non-ortho nitro benzene ring substituents is 1. The second kappa shape index (κ2) is 6.87. The van der Waals surface area contributed by atoms with Gasteiger partial charge in [-0.25, -0.2) is 4.79 Å². The number of nitro groups is 1. The molecule has 2 rings (SSSR count). The van der Waals surface area contributed by atoms with Gasteiger partial charge in [0, 0.05) is 23.2 Å². The van der Waals surface area contributed by atoms with Crippen LogP contribution in [0.1, 0.15) is 11.1 Å². The van der Waals surface area contributed by atoms with Crippen LogP contribution in [0.5, 0.6) is 0 Å². The zero-order valence-electron chi connectivity index (χ0n) is 11.7. The smallest absolute Gasteiger partial charge is 0.331 e. The van der Waals surface area contributed by atoms with Gasteiger partial charge < -0.3 is 4.74 Å². The lowest BCUT2D eigenvalue weighted by Crippen LogP contribution is -1.99. The summed E-state index contributed by atoms with van der Waals surface area (Å²) in [5.41, 5.74) is 1.92. The van der Waals surface area contributed by atoms with Crippen LogP contribution in [0.3, 0.4) is 0 Å². The Morgan fingerprint density at radius 3 is 2.41 bits per heavy atom. The molecule has 2 aromatic rings. The van der Waals surface area contributed by atoms with Gasteiger partial charge in [0.05, 0.1) is 12.0 Å². The van der Waals surface area contributed by atoms with Crippen LogP contribution in [0, 0.1) is 10.1 Å². The van der Waals surface area contributed by atoms with E-state index in [1.165, 1.54) is 25.3 Å². The Morgan fingerprint density at radius 1 is 1.18 bits per heavy atom. The van der Waals surface area contributed by atoms with Crippen LogP contribution in [0.4, 0.5) is 5.69 Å². The van der Waals surface area contributed by atoms with E-state index >= 15 is 0 Å². The summed E-state index contributed by atoms with van der Waals surface area (Å²) in [6.07, 6.45) is 1.33. The molecule has 6 heteroatoms. The van der Waals surface area contributed by atoms with Gasteiger partial charge in [0.25, 0.3) is 5.69 Å². The summed E-state index contributed by atoms with van der Waals surface area (Å²) in [5.74, 6) is -0.520. The van der Waals surface area contributed by atoms with Crippen molar-refractivity contribution in [3.8, 4) is 0 Å². The maximum Gasteiger partial charge on any atom is 0.331 e. The highest BCUT2D eigenvalue weighted by Gasteiger charge is 2.11. The standard InChI is InChI=1S/C16H12ClNO4/c1-22-16(19)10-15(12-3-2-4-13(17)9-12)11-5-7-14(8-6-11)18(20)21/h2-10H,1H3/b15-10-. The zero-order chi connectivity index (χ0) is 16.1. The fraction of sp³-hybridized carbons (Fsp3) is 0.0625. The normalized spacial score (nSPS) is 11.1. The highest BCUT2D eigenvalue weighted by atomic mass is 35.5. The summed E-state index contributed by atoms with van der Waals surface area (Å²) in [7, 11) is 1.28. The summed E-state index contributed by atoms with van der Waals surface area (Å²) in [5, 5.41) is 11.2. The third-order valence-electron chi connectivity index (χ3n) is 2.99. The second-order valence-corrected chi connectivity index (χ2v) is 4.83. The van der Waals surface area contributed by atoms with Crippen molar-refractivity contribution in [2.45, 2.75) is 0 Å². The molecule has 22 heavy (non-hydrogen) atoms. The Bertz CT molecular complexity index is 738. The molecule has 0 N–H and O–H groups in total. The van der Waals surface area contributed by atoms with Crippen molar-refractivity contribution in [2.24, 2.45) is 0 Å². The fourth-order valence-electron chi connectivity index (χ4n) is 1.93. The topological polar surface area (TPSA) is 69.4 Å². The van der Waals surface area contributed by atoms with Crippen molar-refractivity contribution in [2.75, 3.05) is 7.11 Å². The van der Waals surface area contributed by atoms with Gasteiger partial charge >= 0.3 is 5.97 Å². The van der Waals surface area contributed by atoms with Crippen molar-refractivity contribution in [3.63, 3.8) is 0 Å². The minimum atomic E-state index is -0.520. The number of nitrogens with zero attached hydrogens (tertiary/aromatic N) is 1. The van der Waals surface area contributed by atoms with E-state index in [4.69, 9.17) is 11.6 Å². The molecule has 0 atom stereocenters. The van der Waals surface area contributed by atoms with Gasteiger partial charge in [0.2, 0.25) is 0 Å². The maximum absolute atomic E-state index is 11.6. The van der Waals surface area contributed by atoms with E-state index in [-0.39, 0.29) is 5.69 Å². The van der Waals surface area contributed by atoms with Crippen molar-refractivity contribution < 1.29 is 14.5 Å². The number of carbonyl (C=O) groups is 1. The quantitative estimate of drug-likeness (QED) is 0.371. The summed E-state index contributed by atoms with van der Waals surface area (Å²) >= 11 is 5.98. The molecular formula is C16H12ClNO4. The molecule has 0 saturated carbocycles. The Labute approximate surface area is 131 Å². The number of halogens is 1. The first-order chi connectivity index (χ1) is 10.5. The number of hydrogen-bond donors (Lipinski definition) is 0. The van der Waals surface area contributed by atoms with Crippen molar-refractivity contribution in [1.82, 2.24) is 0 Å². The first-order valence-electron chi connectivity index (χ1n) is 6.31. The molecule has 0 unspecified atom stereocenters. The molecule has 5 nitrogen and oxygen atoms in total. The predicted octanol–water partition coefficient (Wildman–Crippen LogP) is 3.85. The minimum Gasteiger partial charge on any atom is -0.466 e. The third kappa shape index (κ3) is 3.71. The molecule has 0 aliphatic heterocycles. The fourth-order valence-corrected chi connectivity index (χ4v) is 2.12. The molecule has 0 spiro atoms. The molecular weight excluding hydrogens is 306 g/mol. The van der Waals surface area contributed by atoms with E-state index in [0.717, 1.165) is 0 Å². The Kier molecular flexibility index (Phi) is 4.91. The summed E-state index contributed by atoms with van der Waals surface area (Å²) < 4.78 is 4.66. The largest absolute Gasteiger partial charge is 0.466 e. The summed E-state index contributed by atoms with van der Waals surface area (Å²) in [4.78, 5) is 21.8. The molecule has 0 amide bonds. The third-order valence-corrected chi connectivity index (χ3v) is 3.22. The van der Waals surface area contributed by atoms with Crippen molar-refractivity contribution in [1.29, 1.82) is 0 Å². The zero-order valence-corrected chi connectivity index (χ0v) is 12.4. The number of carbonyl (C=O) groups excluding carboxylic acids is 1. The summed E-state index contributed by atoms with van der Waals surface area (Å²) in [6.45, 7) is 0. The van der Waals surface area contributed by atoms with Crippen LogP contribution in [0.25, 0.3) is 5.57 Å². The average molecular weight is 318 g/mol. The van der Waals surface area contributed by atoms with E-state index in [2.05, 4.69) is 4.74 Å². The molecule has 0 radical (unpaired) electrons. The predicted molar refractivity (Wildman–Crippen MR) is 83.6 cm³/mol. The number of nitro benzene ring substituents is 1. The molecule has 0 aromatic heterocycles. The lowest BCUT2D eigenvalue weighted by molar-refractivity contribution is -0.384. The monoisotopic (exact) mass is 317 g/mol. The van der Waals surface area contributed by atoms with Gasteiger partial charge in [-0.2, -0.15) is 0 Å². The molecule has 0 saturated heterocycles. The van der Waals surface area contributed by atoms with E-state index in [9.17, 15) is 14.9 Å². The number of esters is 1. The van der Waals surface area contributed by atoms with Crippen LogP contribution in [0.2, 0.25) is 5.02 Å². The Balaban J connectivity index is 2.51. The minimum absolute atomic E-state index is 0.0211. The molecule has 0 aliphatic carbocycles. The molecule has 112 valence electrons. The van der Waals surface area contributed by atoms with Crippen LogP contribution in [-0.4, -0.2) is 18.0 Å². The number of hydrogen-bond acceptors (Lipinski definition) is 4. The molecule has 0 heterocycles. The number of ether oxygens (including phenoxy) is 1. The van der Waals surface area contributed by atoms with Gasteiger partial charge in [-0.1, -0.05) is 23.7 Å². The van der Waals surface area contributed by atoms with Gasteiger partial charge in [-0.15, -0.1) is 0 Å².